The molecule has 1 amide bonds. The van der Waals surface area contributed by atoms with Gasteiger partial charge in [-0.1, -0.05) is 6.07 Å². The quantitative estimate of drug-likeness (QED) is 0.473. The first-order valence-corrected chi connectivity index (χ1v) is 10.3. The predicted octanol–water partition coefficient (Wildman–Crippen LogP) is 2.54. The molecule has 0 radical (unpaired) electrons. The molecule has 10 nitrogen and oxygen atoms in total. The van der Waals surface area contributed by atoms with Crippen molar-refractivity contribution >= 4 is 11.4 Å². The van der Waals surface area contributed by atoms with E-state index in [-0.39, 0.29) is 11.7 Å². The number of carbonyl (C=O) groups excluding carboxylic acids is 1. The SMILES string of the molecule is Cc1cccn2nc([C@@H]3c4nc[nH]c4CCN3C(=O)c3cnc(-c4ccn(C)n4)o3)cc12. The van der Waals surface area contributed by atoms with Gasteiger partial charge in [-0.15, -0.1) is 0 Å². The van der Waals surface area contributed by atoms with Crippen LogP contribution in [0.15, 0.2) is 53.6 Å². The van der Waals surface area contributed by atoms with Crippen molar-refractivity contribution in [2.45, 2.75) is 19.4 Å². The van der Waals surface area contributed by atoms with Gasteiger partial charge in [0.1, 0.15) is 11.7 Å². The highest BCUT2D eigenvalue weighted by Crippen LogP contribution is 2.35. The lowest BCUT2D eigenvalue weighted by Gasteiger charge is -2.33. The van der Waals surface area contributed by atoms with Gasteiger partial charge in [0.2, 0.25) is 11.7 Å². The largest absolute Gasteiger partial charge is 0.429 e. The molecular formula is C22H20N8O2. The number of amides is 1. The first-order valence-electron chi connectivity index (χ1n) is 10.3. The third-order valence-electron chi connectivity index (χ3n) is 5.85. The van der Waals surface area contributed by atoms with Crippen LogP contribution in [-0.4, -0.2) is 51.7 Å². The van der Waals surface area contributed by atoms with E-state index in [9.17, 15) is 4.79 Å². The molecule has 1 aliphatic rings. The van der Waals surface area contributed by atoms with Crippen LogP contribution in [0.3, 0.4) is 0 Å². The van der Waals surface area contributed by atoms with E-state index < -0.39 is 6.04 Å². The molecule has 1 aliphatic heterocycles. The summed E-state index contributed by atoms with van der Waals surface area (Å²) in [6, 6.07) is 7.37. The van der Waals surface area contributed by atoms with Gasteiger partial charge in [-0.25, -0.2) is 14.5 Å². The summed E-state index contributed by atoms with van der Waals surface area (Å²) in [4.78, 5) is 27.3. The molecule has 1 atom stereocenters. The summed E-state index contributed by atoms with van der Waals surface area (Å²) in [6.07, 6.45) is 7.50. The number of imidazole rings is 1. The van der Waals surface area contributed by atoms with Crippen molar-refractivity contribution in [1.82, 2.24) is 39.2 Å². The number of aromatic amines is 1. The van der Waals surface area contributed by atoms with Gasteiger partial charge in [-0.2, -0.15) is 10.2 Å². The average Bonchev–Trinajstić information content (AvgIpc) is 3.57. The number of nitrogens with one attached hydrogen (secondary N) is 1. The first kappa shape index (κ1) is 18.6. The number of carbonyl (C=O) groups is 1. The zero-order valence-electron chi connectivity index (χ0n) is 17.6. The molecule has 0 spiro atoms. The second-order valence-corrected chi connectivity index (χ2v) is 7.91. The van der Waals surface area contributed by atoms with Gasteiger partial charge in [0, 0.05) is 38.1 Å². The number of pyridine rings is 1. The number of hydrogen-bond donors (Lipinski definition) is 1. The molecule has 0 unspecified atom stereocenters. The third kappa shape index (κ3) is 2.83. The molecule has 10 heteroatoms. The molecule has 6 rings (SSSR count). The molecule has 6 heterocycles. The van der Waals surface area contributed by atoms with E-state index >= 15 is 0 Å². The van der Waals surface area contributed by atoms with Crippen molar-refractivity contribution in [3.63, 3.8) is 0 Å². The van der Waals surface area contributed by atoms with Crippen LogP contribution in [-0.2, 0) is 13.5 Å². The number of aromatic nitrogens is 7. The van der Waals surface area contributed by atoms with Crippen LogP contribution in [0.4, 0.5) is 0 Å². The maximum absolute atomic E-state index is 13.5. The second kappa shape index (κ2) is 6.91. The van der Waals surface area contributed by atoms with Crippen molar-refractivity contribution < 1.29 is 9.21 Å². The summed E-state index contributed by atoms with van der Waals surface area (Å²) in [5.74, 6) is 0.216. The van der Waals surface area contributed by atoms with E-state index in [1.54, 1.807) is 28.2 Å². The maximum atomic E-state index is 13.5. The summed E-state index contributed by atoms with van der Waals surface area (Å²) in [5, 5.41) is 9.06. The van der Waals surface area contributed by atoms with E-state index in [1.807, 2.05) is 42.9 Å². The highest BCUT2D eigenvalue weighted by molar-refractivity contribution is 5.92. The molecule has 32 heavy (non-hydrogen) atoms. The lowest BCUT2D eigenvalue weighted by Crippen LogP contribution is -2.40. The van der Waals surface area contributed by atoms with Crippen LogP contribution in [0.1, 0.15) is 39.2 Å². The molecular weight excluding hydrogens is 408 g/mol. The topological polar surface area (TPSA) is 110 Å². The Morgan fingerprint density at radius 3 is 2.94 bits per heavy atom. The minimum Gasteiger partial charge on any atom is -0.429 e. The minimum absolute atomic E-state index is 0.162. The average molecular weight is 428 g/mol. The Balaban J connectivity index is 1.41. The van der Waals surface area contributed by atoms with Crippen LogP contribution in [0.5, 0.6) is 0 Å². The summed E-state index contributed by atoms with van der Waals surface area (Å²) in [6.45, 7) is 2.55. The zero-order chi connectivity index (χ0) is 21.8. The minimum atomic E-state index is -0.430. The van der Waals surface area contributed by atoms with E-state index in [1.165, 1.54) is 6.20 Å². The van der Waals surface area contributed by atoms with Gasteiger partial charge in [-0.05, 0) is 30.7 Å². The third-order valence-corrected chi connectivity index (χ3v) is 5.85. The molecule has 5 aromatic heterocycles. The van der Waals surface area contributed by atoms with E-state index in [4.69, 9.17) is 9.52 Å². The lowest BCUT2D eigenvalue weighted by atomic mass is 9.99. The van der Waals surface area contributed by atoms with E-state index in [0.717, 1.165) is 28.2 Å². The highest BCUT2D eigenvalue weighted by Gasteiger charge is 2.37. The molecule has 5 aromatic rings. The van der Waals surface area contributed by atoms with Crippen LogP contribution in [0.2, 0.25) is 0 Å². The zero-order valence-corrected chi connectivity index (χ0v) is 17.6. The number of fused-ring (bicyclic) bond motifs is 2. The normalized spacial score (nSPS) is 15.9. The van der Waals surface area contributed by atoms with Gasteiger partial charge in [-0.3, -0.25) is 9.48 Å². The highest BCUT2D eigenvalue weighted by atomic mass is 16.4. The summed E-state index contributed by atoms with van der Waals surface area (Å²) >= 11 is 0. The number of rotatable bonds is 3. The number of hydrogen-bond acceptors (Lipinski definition) is 6. The fourth-order valence-electron chi connectivity index (χ4n) is 4.27. The Bertz CT molecular complexity index is 1460. The van der Waals surface area contributed by atoms with Crippen LogP contribution in [0.25, 0.3) is 17.1 Å². The van der Waals surface area contributed by atoms with Crippen molar-refractivity contribution in [3.05, 3.63) is 77.6 Å². The van der Waals surface area contributed by atoms with Gasteiger partial charge in [0.05, 0.1) is 29.4 Å². The van der Waals surface area contributed by atoms with Crippen LogP contribution in [0, 0.1) is 6.92 Å². The molecule has 160 valence electrons. The van der Waals surface area contributed by atoms with E-state index in [2.05, 4.69) is 20.1 Å². The van der Waals surface area contributed by atoms with Crippen molar-refractivity contribution in [2.24, 2.45) is 7.05 Å². The first-order chi connectivity index (χ1) is 15.6. The lowest BCUT2D eigenvalue weighted by molar-refractivity contribution is 0.0655. The van der Waals surface area contributed by atoms with Crippen molar-refractivity contribution in [1.29, 1.82) is 0 Å². The molecule has 0 fully saturated rings. The van der Waals surface area contributed by atoms with Crippen molar-refractivity contribution in [2.75, 3.05) is 6.54 Å². The Morgan fingerprint density at radius 1 is 1.22 bits per heavy atom. The number of oxazole rings is 1. The monoisotopic (exact) mass is 428 g/mol. The van der Waals surface area contributed by atoms with Crippen LogP contribution >= 0.6 is 0 Å². The van der Waals surface area contributed by atoms with Gasteiger partial charge >= 0.3 is 0 Å². The van der Waals surface area contributed by atoms with Crippen LogP contribution < -0.4 is 0 Å². The molecule has 0 aromatic carbocycles. The van der Waals surface area contributed by atoms with Gasteiger partial charge in [0.25, 0.3) is 5.91 Å². The second-order valence-electron chi connectivity index (χ2n) is 7.91. The fourth-order valence-corrected chi connectivity index (χ4v) is 4.27. The Kier molecular flexibility index (Phi) is 4.00. The molecule has 0 saturated carbocycles. The molecule has 0 bridgehead atoms. The molecule has 0 aliphatic carbocycles. The van der Waals surface area contributed by atoms with Gasteiger partial charge < -0.3 is 14.3 Å². The number of aryl methyl sites for hydroxylation is 2. The molecule has 1 N–H and O–H groups in total. The van der Waals surface area contributed by atoms with Crippen molar-refractivity contribution in [3.8, 4) is 11.6 Å². The maximum Gasteiger partial charge on any atom is 0.292 e. The smallest absolute Gasteiger partial charge is 0.292 e. The standard InChI is InChI=1S/C22H20N8O2/c1-13-4-3-7-30-17(13)10-16(27-30)20-19-14(24-12-25-19)6-9-29(20)22(31)18-11-23-21(32-18)15-5-8-28(2)26-15/h3-5,7-8,10-12,20H,6,9H2,1-2H3,(H,24,25)/t20-/m1/s1. The number of H-pyrrole nitrogens is 1. The number of nitrogens with zero attached hydrogens (tertiary/aromatic N) is 7. The fraction of sp³-hybridized carbons (Fsp3) is 0.227. The predicted molar refractivity (Wildman–Crippen MR) is 114 cm³/mol. The Labute approximate surface area is 182 Å². The van der Waals surface area contributed by atoms with Gasteiger partial charge in [0.15, 0.2) is 0 Å². The van der Waals surface area contributed by atoms with E-state index in [0.29, 0.717) is 24.6 Å². The molecule has 0 saturated heterocycles. The Hall–Kier alpha value is -4.21. The Morgan fingerprint density at radius 2 is 2.12 bits per heavy atom. The summed E-state index contributed by atoms with van der Waals surface area (Å²) in [5.41, 5.74) is 5.25. The summed E-state index contributed by atoms with van der Waals surface area (Å²) in [7, 11) is 1.81. The summed E-state index contributed by atoms with van der Waals surface area (Å²) < 4.78 is 9.29.